The summed E-state index contributed by atoms with van der Waals surface area (Å²) in [5, 5.41) is 146. The van der Waals surface area contributed by atoms with E-state index in [-0.39, 0.29) is 5.57 Å². The third-order valence-electron chi connectivity index (χ3n) is 8.51. The molecular formula is C25H43NO19. The molecule has 15 N–H and O–H groups in total. The van der Waals surface area contributed by atoms with E-state index in [0.717, 1.165) is 0 Å². The minimum atomic E-state index is -1.98. The van der Waals surface area contributed by atoms with E-state index in [0.29, 0.717) is 0 Å². The monoisotopic (exact) mass is 661 g/mol. The molecule has 3 saturated heterocycles. The second-order valence-corrected chi connectivity index (χ2v) is 11.4. The summed E-state index contributed by atoms with van der Waals surface area (Å²) in [7, 11) is 0. The van der Waals surface area contributed by atoms with Crippen LogP contribution in [0.4, 0.5) is 0 Å². The van der Waals surface area contributed by atoms with Crippen LogP contribution in [0.2, 0.25) is 0 Å². The molecule has 0 spiro atoms. The SMILES string of the molecule is OCC1=CC(N[C@@H]2C(CO)O[C@@H](OC3[C@H](O)C(O)[C@H](OC4C(CO)O[C@H](O)[C@H](O)C4O)O[C@@H]3CO)[C@H](O)C2O)C(O)[C@@H](O)C1O. The van der Waals surface area contributed by atoms with Crippen molar-refractivity contribution in [3.8, 4) is 0 Å². The zero-order valence-electron chi connectivity index (χ0n) is 23.7. The Morgan fingerprint density at radius 2 is 1.04 bits per heavy atom. The molecule has 262 valence electrons. The molecular weight excluding hydrogens is 618 g/mol. The van der Waals surface area contributed by atoms with E-state index in [4.69, 9.17) is 23.7 Å². The molecule has 20 heteroatoms. The Morgan fingerprint density at radius 1 is 0.556 bits per heavy atom. The molecule has 45 heavy (non-hydrogen) atoms. The van der Waals surface area contributed by atoms with Crippen LogP contribution in [0.1, 0.15) is 0 Å². The van der Waals surface area contributed by atoms with Gasteiger partial charge in [-0.25, -0.2) is 0 Å². The van der Waals surface area contributed by atoms with E-state index in [1.807, 2.05) is 0 Å². The van der Waals surface area contributed by atoms with Crippen LogP contribution >= 0.6 is 0 Å². The molecule has 0 radical (unpaired) electrons. The smallest absolute Gasteiger partial charge is 0.187 e. The summed E-state index contributed by atoms with van der Waals surface area (Å²) in [6.07, 6.45) is -28.1. The van der Waals surface area contributed by atoms with E-state index in [1.165, 1.54) is 6.08 Å². The molecule has 4 rings (SSSR count). The van der Waals surface area contributed by atoms with Crippen LogP contribution in [0, 0.1) is 0 Å². The maximum Gasteiger partial charge on any atom is 0.187 e. The Bertz CT molecular complexity index is 973. The molecule has 0 aromatic heterocycles. The topological polar surface area (TPSA) is 341 Å². The second kappa shape index (κ2) is 15.4. The highest BCUT2D eigenvalue weighted by Gasteiger charge is 2.54. The number of ether oxygens (including phenoxy) is 5. The average Bonchev–Trinajstić information content (AvgIpc) is 3.03. The molecule has 10 unspecified atom stereocenters. The van der Waals surface area contributed by atoms with Gasteiger partial charge in [-0.05, 0) is 5.57 Å². The van der Waals surface area contributed by atoms with Gasteiger partial charge in [-0.2, -0.15) is 0 Å². The minimum absolute atomic E-state index is 0.0350. The summed E-state index contributed by atoms with van der Waals surface area (Å²) >= 11 is 0. The first kappa shape index (κ1) is 36.8. The number of nitrogens with one attached hydrogen (secondary N) is 1. The molecule has 1 aliphatic carbocycles. The predicted octanol–water partition coefficient (Wildman–Crippen LogP) is -9.59. The summed E-state index contributed by atoms with van der Waals surface area (Å²) < 4.78 is 27.2. The lowest BCUT2D eigenvalue weighted by Crippen LogP contribution is -2.69. The Hall–Kier alpha value is -1.06. The standard InChI is InChI=1S/C25H43NO19/c27-2-6-1-7(13(32)15(34)12(6)31)26-11-8(3-28)42-24(19(38)14(11)33)45-22-10(5-30)43-25(20(39)17(22)36)44-21-9(4-29)41-23(40)18(37)16(21)35/h1,7-40H,2-5H2/t7?,8?,9?,10-,11-,12?,13?,14?,15+,16?,17-,18-,19-,20?,21?,22?,23+,24+,25+/m1/s1. The normalized spacial score (nSPS) is 51.2. The summed E-state index contributed by atoms with van der Waals surface area (Å²) in [5.41, 5.74) is -0.0350. The maximum atomic E-state index is 10.9. The molecule has 3 heterocycles. The van der Waals surface area contributed by atoms with E-state index >= 15 is 0 Å². The van der Waals surface area contributed by atoms with Crippen LogP contribution in [0.5, 0.6) is 0 Å². The number of hydrogen-bond acceptors (Lipinski definition) is 20. The summed E-state index contributed by atoms with van der Waals surface area (Å²) in [6, 6.07) is -2.51. The fourth-order valence-electron chi connectivity index (χ4n) is 5.85. The highest BCUT2D eigenvalue weighted by Crippen LogP contribution is 2.32. The first-order valence-electron chi connectivity index (χ1n) is 14.3. The van der Waals surface area contributed by atoms with Crippen molar-refractivity contribution in [2.75, 3.05) is 26.4 Å². The Labute approximate surface area is 255 Å². The lowest BCUT2D eigenvalue weighted by Gasteiger charge is -2.49. The molecule has 0 aromatic rings. The fraction of sp³-hybridized carbons (Fsp3) is 0.920. The largest absolute Gasteiger partial charge is 0.394 e. The summed E-state index contributed by atoms with van der Waals surface area (Å²) in [6.45, 7) is -3.13. The molecule has 4 aliphatic rings. The van der Waals surface area contributed by atoms with Gasteiger partial charge in [0.25, 0.3) is 0 Å². The zero-order chi connectivity index (χ0) is 33.3. The Morgan fingerprint density at radius 3 is 1.58 bits per heavy atom. The lowest BCUT2D eigenvalue weighted by molar-refractivity contribution is -0.374. The molecule has 0 bridgehead atoms. The summed E-state index contributed by atoms with van der Waals surface area (Å²) in [4.78, 5) is 0. The van der Waals surface area contributed by atoms with Gasteiger partial charge in [0.1, 0.15) is 85.5 Å². The maximum absolute atomic E-state index is 10.9. The number of aliphatic hydroxyl groups is 14. The van der Waals surface area contributed by atoms with Crippen LogP contribution in [0.25, 0.3) is 0 Å². The van der Waals surface area contributed by atoms with Gasteiger partial charge in [0.05, 0.1) is 38.5 Å². The number of rotatable bonds is 10. The van der Waals surface area contributed by atoms with Crippen LogP contribution in [0.15, 0.2) is 11.6 Å². The second-order valence-electron chi connectivity index (χ2n) is 11.4. The van der Waals surface area contributed by atoms with E-state index in [1.54, 1.807) is 0 Å². The van der Waals surface area contributed by atoms with Crippen LogP contribution in [-0.2, 0) is 23.7 Å². The molecule has 20 nitrogen and oxygen atoms in total. The zero-order valence-corrected chi connectivity index (χ0v) is 23.7. The first-order valence-corrected chi connectivity index (χ1v) is 14.3. The van der Waals surface area contributed by atoms with Gasteiger partial charge in [0.15, 0.2) is 18.9 Å². The van der Waals surface area contributed by atoms with Gasteiger partial charge < -0.3 is 100 Å². The first-order chi connectivity index (χ1) is 21.3. The number of aliphatic hydroxyl groups excluding tert-OH is 14. The Balaban J connectivity index is 1.45. The minimum Gasteiger partial charge on any atom is -0.394 e. The van der Waals surface area contributed by atoms with E-state index in [9.17, 15) is 71.5 Å². The molecule has 3 fully saturated rings. The van der Waals surface area contributed by atoms with Gasteiger partial charge in [-0.15, -0.1) is 0 Å². The molecule has 3 aliphatic heterocycles. The van der Waals surface area contributed by atoms with E-state index in [2.05, 4.69) is 5.32 Å². The molecule has 0 aromatic carbocycles. The molecule has 0 amide bonds. The van der Waals surface area contributed by atoms with Crippen molar-refractivity contribution in [3.05, 3.63) is 11.6 Å². The Kier molecular flexibility index (Phi) is 12.6. The fourth-order valence-corrected chi connectivity index (χ4v) is 5.85. The van der Waals surface area contributed by atoms with Crippen molar-refractivity contribution in [1.82, 2.24) is 5.32 Å². The highest BCUT2D eigenvalue weighted by atomic mass is 16.7. The van der Waals surface area contributed by atoms with E-state index < -0.39 is 143 Å². The predicted molar refractivity (Wildman–Crippen MR) is 139 cm³/mol. The quantitative estimate of drug-likeness (QED) is 0.0966. The van der Waals surface area contributed by atoms with Crippen LogP contribution in [-0.4, -0.2) is 214 Å². The third-order valence-corrected chi connectivity index (χ3v) is 8.51. The summed E-state index contributed by atoms with van der Waals surface area (Å²) in [5.74, 6) is 0. The van der Waals surface area contributed by atoms with Gasteiger partial charge in [0.2, 0.25) is 0 Å². The van der Waals surface area contributed by atoms with Gasteiger partial charge in [-0.1, -0.05) is 6.08 Å². The highest BCUT2D eigenvalue weighted by molar-refractivity contribution is 5.22. The van der Waals surface area contributed by atoms with Crippen LogP contribution in [0.3, 0.4) is 0 Å². The van der Waals surface area contributed by atoms with Crippen molar-refractivity contribution >= 4 is 0 Å². The average molecular weight is 662 g/mol. The van der Waals surface area contributed by atoms with Crippen molar-refractivity contribution in [3.63, 3.8) is 0 Å². The third kappa shape index (κ3) is 7.35. The van der Waals surface area contributed by atoms with Gasteiger partial charge in [0, 0.05) is 0 Å². The lowest BCUT2D eigenvalue weighted by atomic mass is 9.86. The molecule has 0 saturated carbocycles. The van der Waals surface area contributed by atoms with Gasteiger partial charge in [-0.3, -0.25) is 0 Å². The van der Waals surface area contributed by atoms with Crippen molar-refractivity contribution in [1.29, 1.82) is 0 Å². The van der Waals surface area contributed by atoms with Crippen molar-refractivity contribution < 1.29 is 95.2 Å². The van der Waals surface area contributed by atoms with Gasteiger partial charge >= 0.3 is 0 Å². The molecule has 19 atom stereocenters. The number of hydrogen-bond donors (Lipinski definition) is 15. The van der Waals surface area contributed by atoms with Crippen molar-refractivity contribution in [2.45, 2.75) is 116 Å². The van der Waals surface area contributed by atoms with Crippen LogP contribution < -0.4 is 5.32 Å². The van der Waals surface area contributed by atoms with Crippen molar-refractivity contribution in [2.24, 2.45) is 0 Å².